The van der Waals surface area contributed by atoms with Crippen LogP contribution in [0.5, 0.6) is 11.8 Å². The van der Waals surface area contributed by atoms with Crippen LogP contribution in [-0.2, 0) is 20.0 Å². The summed E-state index contributed by atoms with van der Waals surface area (Å²) in [7, 11) is -7.99. The minimum Gasteiger partial charge on any atom is -0.478 e. The number of carbonyl (C=O) groups excluding carboxylic acids is 1. The summed E-state index contributed by atoms with van der Waals surface area (Å²) in [5.41, 5.74) is 1.73. The fourth-order valence-electron chi connectivity index (χ4n) is 12.7. The van der Waals surface area contributed by atoms with Gasteiger partial charge in [0.1, 0.15) is 21.9 Å². The first-order chi connectivity index (χ1) is 41.5. The number of primary sulfonamides is 1. The largest absolute Gasteiger partial charge is 0.478 e. The number of rotatable bonds is 23. The fraction of sp³-hybridized carbons (Fsp3) is 0.569. The molecule has 4 saturated carbocycles. The molecule has 6 N–H and O–H groups in total. The van der Waals surface area contributed by atoms with E-state index >= 15 is 0 Å². The highest BCUT2D eigenvalue weighted by Crippen LogP contribution is 2.69. The van der Waals surface area contributed by atoms with Crippen molar-refractivity contribution in [3.63, 3.8) is 0 Å². The molecule has 0 aliphatic heterocycles. The minimum absolute atomic E-state index is 0. The molecule has 0 radical (unpaired) electrons. The molecule has 0 unspecified atom stereocenters. The second-order valence-electron chi connectivity index (χ2n) is 28.0. The molecule has 6 aromatic heterocycles. The van der Waals surface area contributed by atoms with E-state index in [1.165, 1.54) is 84.6 Å². The third kappa shape index (κ3) is 17.4. The number of ether oxygens (including phenoxy) is 2. The molecule has 0 bridgehead atoms. The molecular weight excluding hydrogens is 1230 g/mol. The van der Waals surface area contributed by atoms with Crippen LogP contribution in [0.1, 0.15) is 175 Å². The van der Waals surface area contributed by atoms with E-state index in [1.807, 2.05) is 0 Å². The monoisotopic (exact) mass is 1320 g/mol. The zero-order valence-electron chi connectivity index (χ0n) is 53.2. The van der Waals surface area contributed by atoms with Crippen LogP contribution in [0.4, 0.5) is 11.6 Å². The van der Waals surface area contributed by atoms with Gasteiger partial charge < -0.3 is 25.2 Å². The van der Waals surface area contributed by atoms with E-state index in [0.717, 1.165) is 37.6 Å². The first-order valence-electron chi connectivity index (χ1n) is 30.5. The number of hydrogen-bond donors (Lipinski definition) is 5. The van der Waals surface area contributed by atoms with Gasteiger partial charge in [-0.25, -0.2) is 52.4 Å². The quantitative estimate of drug-likeness (QED) is 0.0294. The van der Waals surface area contributed by atoms with Crippen molar-refractivity contribution in [1.29, 1.82) is 0 Å². The Morgan fingerprint density at radius 3 is 1.39 bits per heavy atom. The number of carboxylic acid groups (broad SMARTS) is 1. The number of nitrogens with two attached hydrogens (primary N) is 1. The Balaban J connectivity index is 0.000000211. The Labute approximate surface area is 541 Å². The van der Waals surface area contributed by atoms with Crippen molar-refractivity contribution in [2.45, 2.75) is 165 Å². The molecular formula is C65H92Cl2N12O9S2. The van der Waals surface area contributed by atoms with Gasteiger partial charge in [0, 0.05) is 49.5 Å². The van der Waals surface area contributed by atoms with Gasteiger partial charge in [0.05, 0.1) is 24.3 Å². The molecule has 4 fully saturated rings. The van der Waals surface area contributed by atoms with Crippen molar-refractivity contribution in [3.8, 4) is 23.4 Å². The van der Waals surface area contributed by atoms with Crippen LogP contribution in [0, 0.1) is 56.2 Å². The molecule has 0 aromatic carbocycles. The molecule has 0 saturated heterocycles. The van der Waals surface area contributed by atoms with Crippen LogP contribution < -0.4 is 30.0 Å². The third-order valence-corrected chi connectivity index (χ3v) is 22.4. The van der Waals surface area contributed by atoms with Gasteiger partial charge in [-0.1, -0.05) is 126 Å². The first kappa shape index (κ1) is 71.0. The maximum Gasteiger partial charge on any atom is 0.338 e. The van der Waals surface area contributed by atoms with E-state index in [9.17, 15) is 26.4 Å². The fourth-order valence-corrected chi connectivity index (χ4v) is 14.6. The molecule has 0 spiro atoms. The van der Waals surface area contributed by atoms with Crippen molar-refractivity contribution < 1.29 is 41.0 Å². The molecule has 25 heteroatoms. The molecule has 1 amide bonds. The molecule has 10 rings (SSSR count). The lowest BCUT2D eigenvalue weighted by molar-refractivity contribution is 0.0696. The zero-order valence-corrected chi connectivity index (χ0v) is 56.4. The van der Waals surface area contributed by atoms with Crippen molar-refractivity contribution >= 4 is 66.8 Å². The Hall–Kier alpha value is -6.40. The van der Waals surface area contributed by atoms with Crippen molar-refractivity contribution in [1.82, 2.24) is 44.2 Å². The lowest BCUT2D eigenvalue weighted by Gasteiger charge is -2.17. The van der Waals surface area contributed by atoms with Gasteiger partial charge in [0.25, 0.3) is 26.0 Å². The highest BCUT2D eigenvalue weighted by atomic mass is 35.5. The van der Waals surface area contributed by atoms with Crippen LogP contribution >= 0.6 is 23.2 Å². The molecule has 492 valence electrons. The standard InChI is InChI=1S/C32H43ClN6O4S.C17H20ClN3O3.C15H25N3O2S.CH4/c1-30(2)16-14-21(19-30)9-8-17-34-24-10-7-11-27(35-24)44(41,42)38-29(40)22-12-13-25(36-28(22)33)39-18-15-26(37-39)43-20-23-31(3,4)32(23,5)6;1-16(2)11(17(16,3)4)9-24-13-7-8-21(20-13)12-6-5-10(15(22)23)14(18)19-12;1-15(2)9-8-12(11-15)5-4-10-17-13-6-3-7-14(18-13)21(16,19)20;/h7,10-13,15,18,21,23H,8-9,14,16-17,19-20H2,1-6H3,(H,34,35)(H,38,40);5-8,11H,9H2,1-4H3,(H,22,23);3,6-7,12H,4-5,8-11H2,1-2H3,(H,17,18)(H2,16,19,20);1H4/t21-;;12-;/m1.1./s1. The van der Waals surface area contributed by atoms with E-state index in [4.69, 9.17) is 42.9 Å². The SMILES string of the molecule is C.CC1(C)C(COc2ccn(-c3ccc(C(=O)O)c(Cl)n3)n2)C1(C)C.CC1(C)CC[C@@H](CCCNc2cccc(S(=O)(=O)NC(=O)c3ccc(-n4ccc(OCC5C(C)(C)C5(C)C)n4)nc3Cl)n2)C1.CC1(C)CC[C@@H](CCCNc2cccc(S(N)(=O)=O)n2)C1. The number of pyridine rings is 4. The molecule has 21 nitrogen and oxygen atoms in total. The van der Waals surface area contributed by atoms with Gasteiger partial charge in [-0.3, -0.25) is 4.79 Å². The zero-order chi connectivity index (χ0) is 65.1. The van der Waals surface area contributed by atoms with E-state index in [1.54, 1.807) is 54.9 Å². The minimum atomic E-state index is -4.26. The molecule has 4 aliphatic carbocycles. The average Bonchev–Trinajstić information content (AvgIpc) is 1.55. The number of halogens is 2. The number of aromatic nitrogens is 8. The van der Waals surface area contributed by atoms with Gasteiger partial charge in [-0.2, -0.15) is 8.42 Å². The van der Waals surface area contributed by atoms with Crippen LogP contribution in [0.3, 0.4) is 0 Å². The van der Waals surface area contributed by atoms with Crippen molar-refractivity contribution in [2.75, 3.05) is 36.9 Å². The number of hydrogen-bond acceptors (Lipinski definition) is 16. The van der Waals surface area contributed by atoms with E-state index in [2.05, 4.69) is 129 Å². The predicted molar refractivity (Wildman–Crippen MR) is 352 cm³/mol. The Bertz CT molecular complexity index is 3710. The highest BCUT2D eigenvalue weighted by Gasteiger charge is 2.65. The molecule has 6 heterocycles. The van der Waals surface area contributed by atoms with Crippen molar-refractivity contribution in [3.05, 3.63) is 107 Å². The molecule has 4 aliphatic rings. The number of nitrogens with one attached hydrogen (secondary N) is 3. The summed E-state index contributed by atoms with van der Waals surface area (Å²) < 4.78 is 65.3. The summed E-state index contributed by atoms with van der Waals surface area (Å²) in [5, 5.41) is 28.6. The van der Waals surface area contributed by atoms with Gasteiger partial charge in [0.2, 0.25) is 11.8 Å². The molecule has 6 aromatic rings. The van der Waals surface area contributed by atoms with E-state index in [0.29, 0.717) is 77.5 Å². The number of carbonyl (C=O) groups is 2. The summed E-state index contributed by atoms with van der Waals surface area (Å²) in [4.78, 5) is 40.5. The first-order valence-corrected chi connectivity index (χ1v) is 34.2. The maximum atomic E-state index is 13.0. The van der Waals surface area contributed by atoms with Gasteiger partial charge in [-0.05, 0) is 157 Å². The lowest BCUT2D eigenvalue weighted by Crippen LogP contribution is -2.31. The van der Waals surface area contributed by atoms with Gasteiger partial charge >= 0.3 is 5.97 Å². The van der Waals surface area contributed by atoms with Crippen molar-refractivity contribution in [2.24, 2.45) is 61.3 Å². The average molecular weight is 1320 g/mol. The van der Waals surface area contributed by atoms with Gasteiger partial charge in [0.15, 0.2) is 21.7 Å². The third-order valence-electron chi connectivity index (χ3n) is 19.7. The normalized spacial score (nSPS) is 19.8. The Kier molecular flexibility index (Phi) is 22.0. The highest BCUT2D eigenvalue weighted by molar-refractivity contribution is 7.90. The summed E-state index contributed by atoms with van der Waals surface area (Å²) in [6, 6.07) is 18.8. The smallest absolute Gasteiger partial charge is 0.338 e. The summed E-state index contributed by atoms with van der Waals surface area (Å²) in [6.45, 7) is 29.9. The maximum absolute atomic E-state index is 13.0. The molecule has 90 heavy (non-hydrogen) atoms. The topological polar surface area (TPSA) is 290 Å². The van der Waals surface area contributed by atoms with Crippen LogP contribution in [-0.4, -0.2) is 99.6 Å². The van der Waals surface area contributed by atoms with E-state index in [-0.39, 0.29) is 60.6 Å². The van der Waals surface area contributed by atoms with Crippen LogP contribution in [0.15, 0.2) is 95.2 Å². The number of aromatic carboxylic acids is 1. The van der Waals surface area contributed by atoms with Crippen LogP contribution in [0.25, 0.3) is 11.6 Å². The number of nitrogens with zero attached hydrogens (tertiary/aromatic N) is 8. The number of carboxylic acids is 1. The summed E-state index contributed by atoms with van der Waals surface area (Å²) in [5.74, 6) is 3.20. The number of sulfonamides is 2. The summed E-state index contributed by atoms with van der Waals surface area (Å²) in [6.07, 6.45) is 15.5. The second-order valence-corrected chi connectivity index (χ2v) is 31.9. The number of anilines is 2. The van der Waals surface area contributed by atoms with Gasteiger partial charge in [-0.15, -0.1) is 10.2 Å². The van der Waals surface area contributed by atoms with Crippen LogP contribution in [0.2, 0.25) is 10.3 Å². The van der Waals surface area contributed by atoms with E-state index < -0.39 is 31.9 Å². The lowest BCUT2D eigenvalue weighted by atomic mass is 9.89. The Morgan fingerprint density at radius 2 is 1.01 bits per heavy atom. The second kappa shape index (κ2) is 27.8. The predicted octanol–water partition coefficient (Wildman–Crippen LogP) is 13.6. The summed E-state index contributed by atoms with van der Waals surface area (Å²) >= 11 is 12.2. The number of amides is 1. The Morgan fingerprint density at radius 1 is 0.600 bits per heavy atom. The molecule has 2 atom stereocenters.